The first-order chi connectivity index (χ1) is 9.52. The summed E-state index contributed by atoms with van der Waals surface area (Å²) in [7, 11) is 0. The first-order valence-electron chi connectivity index (χ1n) is 7.08. The Balaban J connectivity index is 2.38. The summed E-state index contributed by atoms with van der Waals surface area (Å²) in [6.45, 7) is 6.79. The quantitative estimate of drug-likeness (QED) is 0.893. The van der Waals surface area contributed by atoms with Crippen LogP contribution >= 0.6 is 0 Å². The Morgan fingerprint density at radius 3 is 2.45 bits per heavy atom. The highest BCUT2D eigenvalue weighted by molar-refractivity contribution is 5.39. The Kier molecular flexibility index (Phi) is 4.58. The molecule has 0 spiro atoms. The van der Waals surface area contributed by atoms with Gasteiger partial charge in [-0.3, -0.25) is 0 Å². The third-order valence-corrected chi connectivity index (χ3v) is 3.88. The Hall–Kier alpha value is -1.64. The predicted molar refractivity (Wildman–Crippen MR) is 83.9 cm³/mol. The number of benzene rings is 2. The summed E-state index contributed by atoms with van der Waals surface area (Å²) in [6, 6.07) is 14.3. The SMILES string of the molecule is Cc1ccc(C)c(C(O)c2cccc(C(C)CN)c2)c1. The number of nitrogens with two attached hydrogens (primary N) is 1. The van der Waals surface area contributed by atoms with E-state index in [1.165, 1.54) is 5.56 Å². The summed E-state index contributed by atoms with van der Waals surface area (Å²) >= 11 is 0. The van der Waals surface area contributed by atoms with Gasteiger partial charge in [-0.15, -0.1) is 0 Å². The topological polar surface area (TPSA) is 46.2 Å². The summed E-state index contributed by atoms with van der Waals surface area (Å²) in [5.74, 6) is 0.306. The minimum absolute atomic E-state index is 0.306. The molecule has 106 valence electrons. The van der Waals surface area contributed by atoms with Crippen molar-refractivity contribution in [3.8, 4) is 0 Å². The molecule has 0 fully saturated rings. The number of hydrogen-bond acceptors (Lipinski definition) is 2. The minimum Gasteiger partial charge on any atom is -0.384 e. The van der Waals surface area contributed by atoms with Crippen molar-refractivity contribution in [2.24, 2.45) is 5.73 Å². The number of aryl methyl sites for hydroxylation is 2. The molecule has 0 saturated carbocycles. The van der Waals surface area contributed by atoms with Gasteiger partial charge in [0.05, 0.1) is 0 Å². The highest BCUT2D eigenvalue weighted by atomic mass is 16.3. The zero-order chi connectivity index (χ0) is 14.7. The molecule has 2 atom stereocenters. The van der Waals surface area contributed by atoms with Gasteiger partial charge in [0.25, 0.3) is 0 Å². The monoisotopic (exact) mass is 269 g/mol. The Bertz CT molecular complexity index is 592. The van der Waals surface area contributed by atoms with Gasteiger partial charge in [0, 0.05) is 0 Å². The largest absolute Gasteiger partial charge is 0.384 e. The number of rotatable bonds is 4. The van der Waals surface area contributed by atoms with E-state index in [1.807, 2.05) is 26.0 Å². The fourth-order valence-corrected chi connectivity index (χ4v) is 2.41. The molecule has 0 aromatic heterocycles. The molecule has 2 aromatic rings. The molecule has 2 unspecified atom stereocenters. The molecule has 0 radical (unpaired) electrons. The van der Waals surface area contributed by atoms with Crippen molar-refractivity contribution in [2.45, 2.75) is 32.8 Å². The molecule has 2 rings (SSSR count). The van der Waals surface area contributed by atoms with E-state index in [4.69, 9.17) is 5.73 Å². The van der Waals surface area contributed by atoms with Crippen molar-refractivity contribution in [2.75, 3.05) is 6.54 Å². The normalized spacial score (nSPS) is 14.1. The Morgan fingerprint density at radius 1 is 1.05 bits per heavy atom. The smallest absolute Gasteiger partial charge is 0.104 e. The average Bonchev–Trinajstić information content (AvgIpc) is 2.48. The fraction of sp³-hybridized carbons (Fsp3) is 0.333. The van der Waals surface area contributed by atoms with E-state index in [0.717, 1.165) is 22.3 Å². The van der Waals surface area contributed by atoms with Crippen molar-refractivity contribution in [3.05, 3.63) is 70.3 Å². The Morgan fingerprint density at radius 2 is 1.75 bits per heavy atom. The molecule has 0 aliphatic rings. The van der Waals surface area contributed by atoms with Gasteiger partial charge in [0.15, 0.2) is 0 Å². The van der Waals surface area contributed by atoms with Crippen LogP contribution in [0, 0.1) is 13.8 Å². The number of aliphatic hydroxyl groups is 1. The van der Waals surface area contributed by atoms with E-state index in [9.17, 15) is 5.11 Å². The lowest BCUT2D eigenvalue weighted by Gasteiger charge is -2.17. The molecule has 2 heteroatoms. The predicted octanol–water partition coefficient (Wildman–Crippen LogP) is 3.45. The number of hydrogen-bond donors (Lipinski definition) is 2. The van der Waals surface area contributed by atoms with Crippen LogP contribution in [-0.2, 0) is 0 Å². The van der Waals surface area contributed by atoms with Crippen molar-refractivity contribution >= 4 is 0 Å². The van der Waals surface area contributed by atoms with Gasteiger partial charge in [-0.2, -0.15) is 0 Å². The fourth-order valence-electron chi connectivity index (χ4n) is 2.41. The standard InChI is InChI=1S/C18H23NO/c1-12-7-8-13(2)17(9-12)18(20)16-6-4-5-15(10-16)14(3)11-19/h4-10,14,18,20H,11,19H2,1-3H3. The highest BCUT2D eigenvalue weighted by Crippen LogP contribution is 2.27. The van der Waals surface area contributed by atoms with Gasteiger partial charge in [0.2, 0.25) is 0 Å². The second-order valence-electron chi connectivity index (χ2n) is 5.57. The maximum absolute atomic E-state index is 10.6. The second kappa shape index (κ2) is 6.21. The maximum Gasteiger partial charge on any atom is 0.104 e. The average molecular weight is 269 g/mol. The zero-order valence-corrected chi connectivity index (χ0v) is 12.4. The van der Waals surface area contributed by atoms with Gasteiger partial charge < -0.3 is 10.8 Å². The van der Waals surface area contributed by atoms with Gasteiger partial charge in [-0.05, 0) is 48.6 Å². The lowest BCUT2D eigenvalue weighted by atomic mass is 9.92. The molecule has 3 N–H and O–H groups in total. The summed E-state index contributed by atoms with van der Waals surface area (Å²) in [6.07, 6.45) is -0.583. The summed E-state index contributed by atoms with van der Waals surface area (Å²) in [4.78, 5) is 0. The van der Waals surface area contributed by atoms with Crippen LogP contribution in [0.25, 0.3) is 0 Å². The van der Waals surface area contributed by atoms with E-state index in [-0.39, 0.29) is 0 Å². The van der Waals surface area contributed by atoms with Crippen LogP contribution in [0.2, 0.25) is 0 Å². The molecule has 0 saturated heterocycles. The summed E-state index contributed by atoms with van der Waals surface area (Å²) in [5, 5.41) is 10.6. The molecule has 0 aliphatic heterocycles. The minimum atomic E-state index is -0.583. The van der Waals surface area contributed by atoms with Crippen LogP contribution in [0.3, 0.4) is 0 Å². The third-order valence-electron chi connectivity index (χ3n) is 3.88. The molecular weight excluding hydrogens is 246 g/mol. The lowest BCUT2D eigenvalue weighted by molar-refractivity contribution is 0.219. The third kappa shape index (κ3) is 3.09. The molecule has 2 aromatic carbocycles. The molecule has 0 amide bonds. The maximum atomic E-state index is 10.6. The van der Waals surface area contributed by atoms with Crippen molar-refractivity contribution in [1.29, 1.82) is 0 Å². The summed E-state index contributed by atoms with van der Waals surface area (Å²) < 4.78 is 0. The first-order valence-corrected chi connectivity index (χ1v) is 7.08. The molecule has 0 heterocycles. The van der Waals surface area contributed by atoms with Crippen molar-refractivity contribution in [3.63, 3.8) is 0 Å². The van der Waals surface area contributed by atoms with E-state index in [0.29, 0.717) is 12.5 Å². The van der Waals surface area contributed by atoms with Crippen LogP contribution in [0.5, 0.6) is 0 Å². The van der Waals surface area contributed by atoms with E-state index >= 15 is 0 Å². The van der Waals surface area contributed by atoms with Crippen LogP contribution in [0.15, 0.2) is 42.5 Å². The van der Waals surface area contributed by atoms with Gasteiger partial charge in [-0.1, -0.05) is 55.0 Å². The number of aliphatic hydroxyl groups excluding tert-OH is 1. The van der Waals surface area contributed by atoms with Gasteiger partial charge >= 0.3 is 0 Å². The van der Waals surface area contributed by atoms with Gasteiger partial charge in [0.1, 0.15) is 6.10 Å². The molecule has 20 heavy (non-hydrogen) atoms. The van der Waals surface area contributed by atoms with E-state index in [2.05, 4.69) is 37.3 Å². The zero-order valence-electron chi connectivity index (χ0n) is 12.4. The van der Waals surface area contributed by atoms with Crippen molar-refractivity contribution < 1.29 is 5.11 Å². The molecule has 0 aliphatic carbocycles. The second-order valence-corrected chi connectivity index (χ2v) is 5.57. The van der Waals surface area contributed by atoms with Crippen molar-refractivity contribution in [1.82, 2.24) is 0 Å². The molecular formula is C18H23NO. The van der Waals surface area contributed by atoms with E-state index < -0.39 is 6.10 Å². The van der Waals surface area contributed by atoms with Crippen LogP contribution in [0.1, 0.15) is 46.8 Å². The van der Waals surface area contributed by atoms with Crippen LogP contribution < -0.4 is 5.73 Å². The summed E-state index contributed by atoms with van der Waals surface area (Å²) in [5.41, 5.74) is 11.1. The highest BCUT2D eigenvalue weighted by Gasteiger charge is 2.14. The van der Waals surface area contributed by atoms with Crippen LogP contribution in [0.4, 0.5) is 0 Å². The lowest BCUT2D eigenvalue weighted by Crippen LogP contribution is -2.10. The first kappa shape index (κ1) is 14.8. The van der Waals surface area contributed by atoms with Crippen LogP contribution in [-0.4, -0.2) is 11.7 Å². The molecule has 2 nitrogen and oxygen atoms in total. The van der Waals surface area contributed by atoms with Gasteiger partial charge in [-0.25, -0.2) is 0 Å². The molecule has 0 bridgehead atoms. The Labute approximate surface area is 121 Å². The van der Waals surface area contributed by atoms with E-state index in [1.54, 1.807) is 0 Å².